The number of anilines is 1. The highest BCUT2D eigenvalue weighted by molar-refractivity contribution is 7.85. The number of nitrogens with zero attached hydrogens (tertiary/aromatic N) is 3. The van der Waals surface area contributed by atoms with E-state index in [1.54, 1.807) is 0 Å². The van der Waals surface area contributed by atoms with E-state index in [-0.39, 0.29) is 17.6 Å². The van der Waals surface area contributed by atoms with Crippen molar-refractivity contribution in [3.63, 3.8) is 0 Å². The van der Waals surface area contributed by atoms with Crippen molar-refractivity contribution in [2.45, 2.75) is 68.7 Å². The largest absolute Gasteiger partial charge is 0.396 e. The Kier molecular flexibility index (Phi) is 3.77. The van der Waals surface area contributed by atoms with Gasteiger partial charge in [0.1, 0.15) is 16.5 Å². The summed E-state index contributed by atoms with van der Waals surface area (Å²) >= 11 is 0. The van der Waals surface area contributed by atoms with Crippen molar-refractivity contribution in [3.8, 4) is 0 Å². The molecule has 1 aromatic heterocycles. The van der Waals surface area contributed by atoms with E-state index in [9.17, 15) is 9.32 Å². The molecule has 1 aliphatic carbocycles. The topological polar surface area (TPSA) is 66.3 Å². The summed E-state index contributed by atoms with van der Waals surface area (Å²) in [6, 6.07) is 0. The van der Waals surface area contributed by atoms with E-state index >= 15 is 0 Å². The molecule has 1 spiro atoms. The first-order valence-electron chi connectivity index (χ1n) is 9.05. The van der Waals surface area contributed by atoms with Crippen LogP contribution in [0.4, 0.5) is 5.82 Å². The van der Waals surface area contributed by atoms with Crippen LogP contribution in [0.25, 0.3) is 0 Å². The Labute approximate surface area is 146 Å². The lowest BCUT2D eigenvalue weighted by atomic mass is 9.69. The van der Waals surface area contributed by atoms with Gasteiger partial charge in [-0.05, 0) is 25.7 Å². The molecule has 132 valence electrons. The minimum atomic E-state index is -0.994. The van der Waals surface area contributed by atoms with E-state index in [1.807, 2.05) is 0 Å². The highest BCUT2D eigenvalue weighted by atomic mass is 32.2. The molecule has 2 fully saturated rings. The maximum atomic E-state index is 12.6. The van der Waals surface area contributed by atoms with Crippen LogP contribution in [0.2, 0.25) is 0 Å². The number of aliphatic hydroxyl groups excluding tert-OH is 1. The Morgan fingerprint density at radius 1 is 1.33 bits per heavy atom. The molecule has 0 amide bonds. The molecule has 3 heterocycles. The summed E-state index contributed by atoms with van der Waals surface area (Å²) in [5.74, 6) is 2.72. The van der Waals surface area contributed by atoms with Crippen LogP contribution < -0.4 is 4.90 Å². The molecule has 0 radical (unpaired) electrons. The predicted molar refractivity (Wildman–Crippen MR) is 94.8 cm³/mol. The van der Waals surface area contributed by atoms with Gasteiger partial charge in [-0.25, -0.2) is 9.97 Å². The molecule has 6 heteroatoms. The Hall–Kier alpha value is -1.01. The fraction of sp³-hybridized carbons (Fsp3) is 0.778. The summed E-state index contributed by atoms with van der Waals surface area (Å²) in [7, 11) is -0.994. The van der Waals surface area contributed by atoms with Gasteiger partial charge in [-0.1, -0.05) is 20.8 Å². The lowest BCUT2D eigenvalue weighted by molar-refractivity contribution is 0.113. The fourth-order valence-corrected chi connectivity index (χ4v) is 5.84. The molecule has 5 nitrogen and oxygen atoms in total. The van der Waals surface area contributed by atoms with E-state index < -0.39 is 10.8 Å². The zero-order valence-corrected chi connectivity index (χ0v) is 15.7. The molecule has 2 aliphatic heterocycles. The molecule has 1 saturated heterocycles. The molecule has 0 aromatic carbocycles. The van der Waals surface area contributed by atoms with Gasteiger partial charge in [0.05, 0.1) is 16.5 Å². The van der Waals surface area contributed by atoms with Crippen molar-refractivity contribution in [1.29, 1.82) is 0 Å². The van der Waals surface area contributed by atoms with Crippen LogP contribution in [0.1, 0.15) is 58.0 Å². The standard InChI is InChI=1S/C18H27N3O2S/c1-17(2,3)16-19-13-6-10-24(23)14(13)15(20-16)21-9-5-12(11-22)18(21)7-4-8-18/h12,22H,4-11H2,1-3H3. The zero-order chi connectivity index (χ0) is 17.1. The molecular formula is C18H27N3O2S. The van der Waals surface area contributed by atoms with Gasteiger partial charge in [-0.3, -0.25) is 4.21 Å². The molecule has 2 atom stereocenters. The molecule has 24 heavy (non-hydrogen) atoms. The van der Waals surface area contributed by atoms with E-state index in [2.05, 4.69) is 25.7 Å². The zero-order valence-electron chi connectivity index (χ0n) is 14.8. The van der Waals surface area contributed by atoms with E-state index in [1.165, 1.54) is 6.42 Å². The quantitative estimate of drug-likeness (QED) is 0.886. The van der Waals surface area contributed by atoms with Crippen LogP contribution in [-0.2, 0) is 22.6 Å². The van der Waals surface area contributed by atoms with Crippen LogP contribution in [0.3, 0.4) is 0 Å². The maximum Gasteiger partial charge on any atom is 0.149 e. The monoisotopic (exact) mass is 349 g/mol. The Bertz CT molecular complexity index is 694. The third kappa shape index (κ3) is 2.25. The van der Waals surface area contributed by atoms with Crippen LogP contribution in [0.15, 0.2) is 4.90 Å². The molecule has 0 bridgehead atoms. The summed E-state index contributed by atoms with van der Waals surface area (Å²) in [6.07, 6.45) is 5.19. The highest BCUT2D eigenvalue weighted by Crippen LogP contribution is 2.52. The SMILES string of the molecule is CC(C)(C)c1nc2c(c(N3CCC(CO)C34CCC4)n1)S(=O)CC2. The molecule has 1 N–H and O–H groups in total. The lowest BCUT2D eigenvalue weighted by Crippen LogP contribution is -2.55. The first-order chi connectivity index (χ1) is 11.4. The van der Waals surface area contributed by atoms with Crippen LogP contribution in [0, 0.1) is 5.92 Å². The van der Waals surface area contributed by atoms with Gasteiger partial charge in [-0.2, -0.15) is 0 Å². The summed E-state index contributed by atoms with van der Waals surface area (Å²) in [5, 5.41) is 9.84. The van der Waals surface area contributed by atoms with E-state index in [0.717, 1.165) is 54.5 Å². The molecule has 4 rings (SSSR count). The van der Waals surface area contributed by atoms with Crippen molar-refractivity contribution >= 4 is 16.6 Å². The number of aryl methyl sites for hydroxylation is 1. The van der Waals surface area contributed by atoms with Gasteiger partial charge >= 0.3 is 0 Å². The van der Waals surface area contributed by atoms with Gasteiger partial charge in [0.2, 0.25) is 0 Å². The number of hydrogen-bond acceptors (Lipinski definition) is 5. The van der Waals surface area contributed by atoms with E-state index in [0.29, 0.717) is 11.7 Å². The number of hydrogen-bond donors (Lipinski definition) is 1. The number of aliphatic hydroxyl groups is 1. The summed E-state index contributed by atoms with van der Waals surface area (Å²) in [6.45, 7) is 7.52. The first-order valence-corrected chi connectivity index (χ1v) is 10.4. The van der Waals surface area contributed by atoms with Crippen molar-refractivity contribution in [3.05, 3.63) is 11.5 Å². The Morgan fingerprint density at radius 2 is 2.08 bits per heavy atom. The second-order valence-electron chi connectivity index (χ2n) is 8.47. The van der Waals surface area contributed by atoms with Gasteiger partial charge in [-0.15, -0.1) is 0 Å². The van der Waals surface area contributed by atoms with Gasteiger partial charge in [0.15, 0.2) is 0 Å². The predicted octanol–water partition coefficient (Wildman–Crippen LogP) is 2.18. The summed E-state index contributed by atoms with van der Waals surface area (Å²) in [4.78, 5) is 12.9. The van der Waals surface area contributed by atoms with Gasteiger partial charge < -0.3 is 10.0 Å². The number of aromatic nitrogens is 2. The number of fused-ring (bicyclic) bond motifs is 1. The second kappa shape index (κ2) is 5.49. The van der Waals surface area contributed by atoms with Crippen LogP contribution in [0.5, 0.6) is 0 Å². The molecule has 2 unspecified atom stereocenters. The number of rotatable bonds is 2. The average molecular weight is 350 g/mol. The van der Waals surface area contributed by atoms with Crippen molar-refractivity contribution in [2.24, 2.45) is 5.92 Å². The van der Waals surface area contributed by atoms with Crippen LogP contribution in [-0.4, -0.2) is 43.7 Å². The summed E-state index contributed by atoms with van der Waals surface area (Å²) < 4.78 is 12.6. The normalized spacial score (nSPS) is 28.2. The molecule has 3 aliphatic rings. The van der Waals surface area contributed by atoms with Crippen LogP contribution >= 0.6 is 0 Å². The van der Waals surface area contributed by atoms with Crippen molar-refractivity contribution < 1.29 is 9.32 Å². The molecular weight excluding hydrogens is 322 g/mol. The minimum Gasteiger partial charge on any atom is -0.396 e. The van der Waals surface area contributed by atoms with Gasteiger partial charge in [0, 0.05) is 42.2 Å². The minimum absolute atomic E-state index is 0.0266. The summed E-state index contributed by atoms with van der Waals surface area (Å²) in [5.41, 5.74) is 0.875. The van der Waals surface area contributed by atoms with Gasteiger partial charge in [0.25, 0.3) is 0 Å². The third-order valence-corrected chi connectivity index (χ3v) is 7.48. The average Bonchev–Trinajstić information content (AvgIpc) is 3.06. The smallest absolute Gasteiger partial charge is 0.149 e. The Balaban J connectivity index is 1.86. The van der Waals surface area contributed by atoms with Crippen molar-refractivity contribution in [1.82, 2.24) is 9.97 Å². The Morgan fingerprint density at radius 3 is 2.67 bits per heavy atom. The highest BCUT2D eigenvalue weighted by Gasteiger charge is 2.53. The third-order valence-electron chi connectivity index (χ3n) is 6.03. The fourth-order valence-electron chi connectivity index (χ4n) is 4.49. The van der Waals surface area contributed by atoms with E-state index in [4.69, 9.17) is 9.97 Å². The molecule has 1 aromatic rings. The molecule has 1 saturated carbocycles. The van der Waals surface area contributed by atoms with Crippen molar-refractivity contribution in [2.75, 3.05) is 23.8 Å². The first kappa shape index (κ1) is 16.5. The lowest BCUT2D eigenvalue weighted by Gasteiger charge is -2.50. The maximum absolute atomic E-state index is 12.6. The second-order valence-corrected chi connectivity index (χ2v) is 9.98.